The lowest BCUT2D eigenvalue weighted by atomic mass is 9.92. The van der Waals surface area contributed by atoms with Crippen LogP contribution in [0.4, 0.5) is 11.4 Å². The minimum absolute atomic E-state index is 0.0652. The Labute approximate surface area is 117 Å². The summed E-state index contributed by atoms with van der Waals surface area (Å²) in [5.74, 6) is 0.279. The fraction of sp³-hybridized carbons (Fsp3) is 0.462. The molecule has 0 aliphatic heterocycles. The van der Waals surface area contributed by atoms with E-state index in [0.717, 1.165) is 0 Å². The zero-order chi connectivity index (χ0) is 15.3. The number of nitro benzene ring substituents is 1. The molecule has 0 fully saturated rings. The normalized spacial score (nSPS) is 10.8. The summed E-state index contributed by atoms with van der Waals surface area (Å²) in [6.07, 6.45) is 0. The Bertz CT molecular complexity index is 514. The van der Waals surface area contributed by atoms with Gasteiger partial charge in [-0.15, -0.1) is 0 Å². The maximum atomic E-state index is 11.7. The highest BCUT2D eigenvalue weighted by Crippen LogP contribution is 2.27. The molecular weight excluding hydrogens is 262 g/mol. The zero-order valence-corrected chi connectivity index (χ0v) is 12.0. The lowest BCUT2D eigenvalue weighted by Gasteiger charge is -2.23. The topological polar surface area (TPSA) is 93.5 Å². The first-order chi connectivity index (χ1) is 9.30. The third-order valence-corrected chi connectivity index (χ3v) is 2.91. The van der Waals surface area contributed by atoms with Gasteiger partial charge in [-0.3, -0.25) is 14.9 Å². The minimum atomic E-state index is -0.632. The molecule has 2 N–H and O–H groups in total. The van der Waals surface area contributed by atoms with Crippen LogP contribution in [0.3, 0.4) is 0 Å². The van der Waals surface area contributed by atoms with Gasteiger partial charge in [0.2, 0.25) is 5.91 Å². The van der Waals surface area contributed by atoms with Gasteiger partial charge in [-0.25, -0.2) is 0 Å². The molecule has 0 unspecified atom stereocenters. The van der Waals surface area contributed by atoms with Crippen molar-refractivity contribution >= 4 is 17.3 Å². The molecule has 0 aliphatic rings. The first-order valence-corrected chi connectivity index (χ1v) is 6.09. The van der Waals surface area contributed by atoms with E-state index in [-0.39, 0.29) is 11.6 Å². The number of carbonyl (C=O) groups excluding carboxylic acids is 1. The Kier molecular flexibility index (Phi) is 4.90. The molecule has 0 spiro atoms. The highest BCUT2D eigenvalue weighted by molar-refractivity contribution is 5.82. The van der Waals surface area contributed by atoms with Gasteiger partial charge in [0.15, 0.2) is 0 Å². The van der Waals surface area contributed by atoms with Crippen molar-refractivity contribution in [3.05, 3.63) is 28.3 Å². The second kappa shape index (κ2) is 6.23. The average Bonchev–Trinajstić information content (AvgIpc) is 2.43. The summed E-state index contributed by atoms with van der Waals surface area (Å²) in [4.78, 5) is 22.0. The molecule has 0 heterocycles. The van der Waals surface area contributed by atoms with Gasteiger partial charge in [0, 0.05) is 31.4 Å². The number of nitrogens with one attached hydrogen (secondary N) is 2. The van der Waals surface area contributed by atoms with Gasteiger partial charge >= 0.3 is 0 Å². The third kappa shape index (κ3) is 3.84. The number of nitrogens with zero attached hydrogens (tertiary/aromatic N) is 1. The van der Waals surface area contributed by atoms with Crippen LogP contribution in [0.15, 0.2) is 18.2 Å². The molecule has 0 saturated heterocycles. The van der Waals surface area contributed by atoms with Crippen LogP contribution >= 0.6 is 0 Å². The molecule has 0 aliphatic carbocycles. The quantitative estimate of drug-likeness (QED) is 0.612. The molecule has 20 heavy (non-hydrogen) atoms. The Hall–Kier alpha value is -2.31. The third-order valence-electron chi connectivity index (χ3n) is 2.91. The monoisotopic (exact) mass is 281 g/mol. The molecular formula is C13H19N3O4. The number of rotatable bonds is 6. The highest BCUT2D eigenvalue weighted by Gasteiger charge is 2.26. The number of non-ortho nitro benzene ring substituents is 1. The predicted octanol–water partition coefficient (Wildman–Crippen LogP) is 1.79. The maximum Gasteiger partial charge on any atom is 0.275 e. The average molecular weight is 281 g/mol. The number of anilines is 1. The van der Waals surface area contributed by atoms with Crippen molar-refractivity contribution in [1.82, 2.24) is 5.32 Å². The number of methoxy groups -OCH3 is 1. The largest absolute Gasteiger partial charge is 0.496 e. The van der Waals surface area contributed by atoms with Crippen LogP contribution in [-0.2, 0) is 4.79 Å². The second-order valence-corrected chi connectivity index (χ2v) is 4.99. The zero-order valence-electron chi connectivity index (χ0n) is 12.0. The van der Waals surface area contributed by atoms with Crippen molar-refractivity contribution in [3.63, 3.8) is 0 Å². The van der Waals surface area contributed by atoms with Crippen LogP contribution in [0.5, 0.6) is 5.75 Å². The summed E-state index contributed by atoms with van der Waals surface area (Å²) in [5.41, 5.74) is -0.162. The molecule has 0 saturated carbocycles. The first-order valence-electron chi connectivity index (χ1n) is 6.09. The molecule has 1 rings (SSSR count). The van der Waals surface area contributed by atoms with E-state index < -0.39 is 10.3 Å². The molecule has 0 radical (unpaired) electrons. The van der Waals surface area contributed by atoms with Crippen molar-refractivity contribution < 1.29 is 14.5 Å². The van der Waals surface area contributed by atoms with Crippen LogP contribution in [-0.4, -0.2) is 31.5 Å². The molecule has 0 aromatic heterocycles. The molecule has 1 aromatic carbocycles. The summed E-state index contributed by atoms with van der Waals surface area (Å²) in [6.45, 7) is 3.91. The molecule has 110 valence electrons. The van der Waals surface area contributed by atoms with Crippen molar-refractivity contribution in [1.29, 1.82) is 0 Å². The highest BCUT2D eigenvalue weighted by atomic mass is 16.6. The SMILES string of the molecule is CNC(=O)C(C)(C)CNc1cc(OC)cc([N+](=O)[O-])c1. The van der Waals surface area contributed by atoms with E-state index in [2.05, 4.69) is 10.6 Å². The fourth-order valence-corrected chi connectivity index (χ4v) is 1.65. The lowest BCUT2D eigenvalue weighted by molar-refractivity contribution is -0.384. The molecule has 1 aromatic rings. The van der Waals surface area contributed by atoms with Gasteiger partial charge in [0.1, 0.15) is 5.75 Å². The molecule has 0 atom stereocenters. The Morgan fingerprint density at radius 3 is 2.55 bits per heavy atom. The number of hydrogen-bond acceptors (Lipinski definition) is 5. The van der Waals surface area contributed by atoms with Crippen LogP contribution in [0.2, 0.25) is 0 Å². The Morgan fingerprint density at radius 1 is 1.40 bits per heavy atom. The van der Waals surface area contributed by atoms with Gasteiger partial charge in [-0.1, -0.05) is 0 Å². The predicted molar refractivity (Wildman–Crippen MR) is 76.0 cm³/mol. The summed E-state index contributed by atoms with van der Waals surface area (Å²) in [5, 5.41) is 16.4. The number of carbonyl (C=O) groups is 1. The first kappa shape index (κ1) is 15.7. The number of benzene rings is 1. The van der Waals surface area contributed by atoms with Crippen molar-refractivity contribution in [2.45, 2.75) is 13.8 Å². The summed E-state index contributed by atoms with van der Waals surface area (Å²) < 4.78 is 5.02. The summed E-state index contributed by atoms with van der Waals surface area (Å²) >= 11 is 0. The van der Waals surface area contributed by atoms with E-state index in [1.165, 1.54) is 19.2 Å². The van der Waals surface area contributed by atoms with Gasteiger partial charge in [-0.2, -0.15) is 0 Å². The number of hydrogen-bond donors (Lipinski definition) is 2. The van der Waals surface area contributed by atoms with E-state index in [9.17, 15) is 14.9 Å². The van der Waals surface area contributed by atoms with Crippen molar-refractivity contribution in [3.8, 4) is 5.75 Å². The fourth-order valence-electron chi connectivity index (χ4n) is 1.65. The molecule has 1 amide bonds. The van der Waals surface area contributed by atoms with E-state index in [1.54, 1.807) is 27.0 Å². The second-order valence-electron chi connectivity index (χ2n) is 4.99. The van der Waals surface area contributed by atoms with Gasteiger partial charge in [0.25, 0.3) is 5.69 Å². The smallest absolute Gasteiger partial charge is 0.275 e. The van der Waals surface area contributed by atoms with Crippen LogP contribution < -0.4 is 15.4 Å². The summed E-state index contributed by atoms with van der Waals surface area (Å²) in [6, 6.07) is 4.39. The molecule has 7 heteroatoms. The molecule has 0 bridgehead atoms. The lowest BCUT2D eigenvalue weighted by Crippen LogP contribution is -2.39. The Morgan fingerprint density at radius 2 is 2.05 bits per heavy atom. The number of ether oxygens (including phenoxy) is 1. The van der Waals surface area contributed by atoms with Crippen molar-refractivity contribution in [2.75, 3.05) is 26.0 Å². The van der Waals surface area contributed by atoms with E-state index in [4.69, 9.17) is 4.74 Å². The minimum Gasteiger partial charge on any atom is -0.496 e. The van der Waals surface area contributed by atoms with Gasteiger partial charge < -0.3 is 15.4 Å². The Balaban J connectivity index is 2.90. The van der Waals surface area contributed by atoms with Crippen LogP contribution in [0, 0.1) is 15.5 Å². The number of nitro groups is 1. The van der Waals surface area contributed by atoms with Crippen LogP contribution in [0.25, 0.3) is 0 Å². The van der Waals surface area contributed by atoms with Crippen LogP contribution in [0.1, 0.15) is 13.8 Å². The molecule has 7 nitrogen and oxygen atoms in total. The van der Waals surface area contributed by atoms with Gasteiger partial charge in [0.05, 0.1) is 23.5 Å². The van der Waals surface area contributed by atoms with E-state index >= 15 is 0 Å². The van der Waals surface area contributed by atoms with Crippen molar-refractivity contribution in [2.24, 2.45) is 5.41 Å². The standard InChI is InChI=1S/C13H19N3O4/c1-13(2,12(17)14-3)8-15-9-5-10(16(18)19)7-11(6-9)20-4/h5-7,15H,8H2,1-4H3,(H,14,17). The van der Waals surface area contributed by atoms with E-state index in [0.29, 0.717) is 18.0 Å². The number of amides is 1. The van der Waals surface area contributed by atoms with Gasteiger partial charge in [-0.05, 0) is 13.8 Å². The maximum absolute atomic E-state index is 11.7. The van der Waals surface area contributed by atoms with E-state index in [1.807, 2.05) is 0 Å². The summed E-state index contributed by atoms with van der Waals surface area (Å²) in [7, 11) is 3.01.